The third kappa shape index (κ3) is 2.69. The van der Waals surface area contributed by atoms with Gasteiger partial charge >= 0.3 is 5.97 Å². The Kier molecular flexibility index (Phi) is 3.11. The number of carboxylic acids is 1. The van der Waals surface area contributed by atoms with Crippen LogP contribution in [0.25, 0.3) is 0 Å². The second-order valence-corrected chi connectivity index (χ2v) is 6.74. The van der Waals surface area contributed by atoms with Crippen molar-refractivity contribution in [3.63, 3.8) is 0 Å². The average Bonchev–Trinajstić information content (AvgIpc) is 2.21. The van der Waals surface area contributed by atoms with Crippen LogP contribution in [-0.2, 0) is 14.8 Å². The van der Waals surface area contributed by atoms with Crippen molar-refractivity contribution in [3.8, 4) is 0 Å². The monoisotopic (exact) mass is 235 g/mol. The molecule has 1 aliphatic heterocycles. The standard InChI is InChI=1S/C9H17NO4S/c1-7-5-10(15(13,14)6-7)9(2,3)4-8(11)12/h7H,4-6H2,1-3H3,(H,11,12). The summed E-state index contributed by atoms with van der Waals surface area (Å²) in [6, 6.07) is 0. The molecule has 0 saturated carbocycles. The van der Waals surface area contributed by atoms with Gasteiger partial charge in [0.05, 0.1) is 12.2 Å². The van der Waals surface area contributed by atoms with Crippen LogP contribution >= 0.6 is 0 Å². The van der Waals surface area contributed by atoms with Gasteiger partial charge in [-0.3, -0.25) is 4.79 Å². The van der Waals surface area contributed by atoms with Gasteiger partial charge in [0.2, 0.25) is 10.0 Å². The Balaban J connectivity index is 2.92. The molecular formula is C9H17NO4S. The highest BCUT2D eigenvalue weighted by molar-refractivity contribution is 7.89. The Hall–Kier alpha value is -0.620. The number of aliphatic carboxylic acids is 1. The lowest BCUT2D eigenvalue weighted by molar-refractivity contribution is -0.139. The van der Waals surface area contributed by atoms with Crippen LogP contribution in [0.5, 0.6) is 0 Å². The number of carboxylic acid groups (broad SMARTS) is 1. The molecule has 6 heteroatoms. The van der Waals surface area contributed by atoms with Gasteiger partial charge in [0.25, 0.3) is 0 Å². The summed E-state index contributed by atoms with van der Waals surface area (Å²) in [4.78, 5) is 10.6. The molecule has 1 N–H and O–H groups in total. The molecule has 0 aromatic rings. The van der Waals surface area contributed by atoms with Crippen LogP contribution in [0, 0.1) is 5.92 Å². The van der Waals surface area contributed by atoms with Crippen LogP contribution in [0.3, 0.4) is 0 Å². The van der Waals surface area contributed by atoms with Gasteiger partial charge in [-0.15, -0.1) is 0 Å². The van der Waals surface area contributed by atoms with E-state index in [0.29, 0.717) is 6.54 Å². The first-order valence-electron chi connectivity index (χ1n) is 4.87. The SMILES string of the molecule is CC1CN(C(C)(C)CC(=O)O)S(=O)(=O)C1. The van der Waals surface area contributed by atoms with Gasteiger partial charge in [0.1, 0.15) is 0 Å². The summed E-state index contributed by atoms with van der Waals surface area (Å²) in [7, 11) is -3.27. The first-order valence-corrected chi connectivity index (χ1v) is 6.48. The van der Waals surface area contributed by atoms with E-state index in [0.717, 1.165) is 0 Å². The second kappa shape index (κ2) is 3.75. The Labute approximate surface area is 90.1 Å². The minimum atomic E-state index is -3.27. The van der Waals surface area contributed by atoms with Crippen molar-refractivity contribution < 1.29 is 18.3 Å². The molecule has 0 radical (unpaired) electrons. The van der Waals surface area contributed by atoms with Crippen molar-refractivity contribution in [2.45, 2.75) is 32.7 Å². The van der Waals surface area contributed by atoms with Gasteiger partial charge in [-0.05, 0) is 19.8 Å². The van der Waals surface area contributed by atoms with Crippen molar-refractivity contribution in [1.82, 2.24) is 4.31 Å². The number of hydrogen-bond acceptors (Lipinski definition) is 3. The highest BCUT2D eigenvalue weighted by Gasteiger charge is 2.43. The number of carbonyl (C=O) groups is 1. The van der Waals surface area contributed by atoms with E-state index in [1.54, 1.807) is 13.8 Å². The summed E-state index contributed by atoms with van der Waals surface area (Å²) in [6.45, 7) is 5.57. The Morgan fingerprint density at radius 3 is 2.40 bits per heavy atom. The second-order valence-electron chi connectivity index (χ2n) is 4.80. The summed E-state index contributed by atoms with van der Waals surface area (Å²) < 4.78 is 24.8. The van der Waals surface area contributed by atoms with Crippen molar-refractivity contribution in [3.05, 3.63) is 0 Å². The number of sulfonamides is 1. The Morgan fingerprint density at radius 2 is 2.07 bits per heavy atom. The number of hydrogen-bond donors (Lipinski definition) is 1. The predicted octanol–water partition coefficient (Wildman–Crippen LogP) is 0.521. The van der Waals surface area contributed by atoms with Crippen LogP contribution < -0.4 is 0 Å². The molecule has 5 nitrogen and oxygen atoms in total. The maximum atomic E-state index is 11.7. The molecule has 1 aliphatic rings. The van der Waals surface area contributed by atoms with E-state index in [-0.39, 0.29) is 18.1 Å². The average molecular weight is 235 g/mol. The first kappa shape index (κ1) is 12.4. The van der Waals surface area contributed by atoms with Crippen molar-refractivity contribution in [1.29, 1.82) is 0 Å². The lowest BCUT2D eigenvalue weighted by Crippen LogP contribution is -2.46. The summed E-state index contributed by atoms with van der Waals surface area (Å²) in [6.07, 6.45) is -0.168. The zero-order valence-electron chi connectivity index (χ0n) is 9.23. The Morgan fingerprint density at radius 1 is 1.53 bits per heavy atom. The fraction of sp³-hybridized carbons (Fsp3) is 0.889. The molecule has 0 bridgehead atoms. The van der Waals surface area contributed by atoms with E-state index < -0.39 is 21.5 Å². The van der Waals surface area contributed by atoms with E-state index in [1.807, 2.05) is 6.92 Å². The van der Waals surface area contributed by atoms with Crippen LogP contribution in [0.4, 0.5) is 0 Å². The molecule has 0 aromatic carbocycles. The van der Waals surface area contributed by atoms with Crippen LogP contribution in [0.1, 0.15) is 27.2 Å². The minimum Gasteiger partial charge on any atom is -0.481 e. The lowest BCUT2D eigenvalue weighted by Gasteiger charge is -2.32. The smallest absolute Gasteiger partial charge is 0.305 e. The highest BCUT2D eigenvalue weighted by Crippen LogP contribution is 2.30. The fourth-order valence-corrected chi connectivity index (χ4v) is 4.28. The predicted molar refractivity (Wildman–Crippen MR) is 56.0 cm³/mol. The van der Waals surface area contributed by atoms with Crippen LogP contribution in [0.2, 0.25) is 0 Å². The van der Waals surface area contributed by atoms with Crippen LogP contribution in [-0.4, -0.2) is 41.6 Å². The van der Waals surface area contributed by atoms with E-state index in [2.05, 4.69) is 0 Å². The molecule has 0 amide bonds. The molecule has 1 saturated heterocycles. The quantitative estimate of drug-likeness (QED) is 0.774. The third-order valence-corrected chi connectivity index (χ3v) is 4.87. The molecule has 15 heavy (non-hydrogen) atoms. The van der Waals surface area contributed by atoms with Gasteiger partial charge in [-0.2, -0.15) is 4.31 Å². The molecule has 1 atom stereocenters. The van der Waals surface area contributed by atoms with Crippen molar-refractivity contribution >= 4 is 16.0 Å². The largest absolute Gasteiger partial charge is 0.481 e. The van der Waals surface area contributed by atoms with Crippen molar-refractivity contribution in [2.75, 3.05) is 12.3 Å². The molecule has 1 fully saturated rings. The van der Waals surface area contributed by atoms with Gasteiger partial charge in [-0.25, -0.2) is 8.42 Å². The minimum absolute atomic E-state index is 0.0723. The maximum absolute atomic E-state index is 11.7. The van der Waals surface area contributed by atoms with E-state index in [4.69, 9.17) is 5.11 Å². The molecule has 1 heterocycles. The third-order valence-electron chi connectivity index (χ3n) is 2.57. The number of rotatable bonds is 3. The summed E-state index contributed by atoms with van der Waals surface area (Å²) >= 11 is 0. The van der Waals surface area contributed by atoms with E-state index >= 15 is 0 Å². The van der Waals surface area contributed by atoms with Crippen molar-refractivity contribution in [2.24, 2.45) is 5.92 Å². The first-order chi connectivity index (χ1) is 6.65. The van der Waals surface area contributed by atoms with E-state index in [9.17, 15) is 13.2 Å². The Bertz CT molecular complexity index is 360. The molecule has 0 spiro atoms. The normalized spacial score (nSPS) is 26.7. The molecular weight excluding hydrogens is 218 g/mol. The number of nitrogens with zero attached hydrogens (tertiary/aromatic N) is 1. The van der Waals surface area contributed by atoms with Gasteiger partial charge in [0.15, 0.2) is 0 Å². The summed E-state index contributed by atoms with van der Waals surface area (Å²) in [5.74, 6) is -0.784. The van der Waals surface area contributed by atoms with Gasteiger partial charge < -0.3 is 5.11 Å². The molecule has 88 valence electrons. The zero-order chi connectivity index (χ0) is 11.9. The van der Waals surface area contributed by atoms with Crippen LogP contribution in [0.15, 0.2) is 0 Å². The highest BCUT2D eigenvalue weighted by atomic mass is 32.2. The van der Waals surface area contributed by atoms with Gasteiger partial charge in [-0.1, -0.05) is 6.92 Å². The molecule has 0 aliphatic carbocycles. The molecule has 0 aromatic heterocycles. The topological polar surface area (TPSA) is 74.7 Å². The maximum Gasteiger partial charge on any atom is 0.305 e. The summed E-state index contributed by atoms with van der Waals surface area (Å²) in [5.41, 5.74) is -0.838. The molecule has 1 rings (SSSR count). The fourth-order valence-electron chi connectivity index (χ4n) is 1.98. The lowest BCUT2D eigenvalue weighted by atomic mass is 10.00. The molecule has 1 unspecified atom stereocenters. The van der Waals surface area contributed by atoms with Gasteiger partial charge in [0, 0.05) is 12.1 Å². The zero-order valence-corrected chi connectivity index (χ0v) is 10.0. The van der Waals surface area contributed by atoms with E-state index in [1.165, 1.54) is 4.31 Å². The summed E-state index contributed by atoms with van der Waals surface area (Å²) in [5, 5.41) is 8.72.